The number of halogens is 1. The molecule has 1 amide bonds. The Morgan fingerprint density at radius 2 is 1.78 bits per heavy atom. The van der Waals surface area contributed by atoms with E-state index in [4.69, 9.17) is 21.3 Å². The molecule has 0 aliphatic carbocycles. The summed E-state index contributed by atoms with van der Waals surface area (Å²) in [7, 11) is 1.60. The molecule has 36 heavy (non-hydrogen) atoms. The average molecular weight is 504 g/mol. The quantitative estimate of drug-likeness (QED) is 0.280. The van der Waals surface area contributed by atoms with Gasteiger partial charge in [-0.25, -0.2) is 4.98 Å². The number of rotatable bonds is 8. The summed E-state index contributed by atoms with van der Waals surface area (Å²) in [6, 6.07) is 19.4. The second-order valence-electron chi connectivity index (χ2n) is 8.86. The highest BCUT2D eigenvalue weighted by atomic mass is 35.5. The number of hydrogen-bond acceptors (Lipinski definition) is 4. The van der Waals surface area contributed by atoms with Crippen LogP contribution in [0.15, 0.2) is 71.5 Å². The molecular weight excluding hydrogens is 474 g/mol. The standard InChI is InChI=1S/C29H30ClN3O3/c1-5-6-17-32(28(34)21-9-7-19(2)8-10-21)20(3)27-31-26-18-22(30)11-16-25(26)29(35)33(27)23-12-14-24(36-4)15-13-23/h7-16,18,20H,5-6,17H2,1-4H3. The highest BCUT2D eigenvalue weighted by Crippen LogP contribution is 2.27. The first kappa shape index (κ1) is 25.5. The van der Waals surface area contributed by atoms with Crippen LogP contribution in [0.4, 0.5) is 0 Å². The monoisotopic (exact) mass is 503 g/mol. The zero-order valence-electron chi connectivity index (χ0n) is 21.0. The molecule has 4 aromatic rings. The highest BCUT2D eigenvalue weighted by Gasteiger charge is 2.27. The number of ether oxygens (including phenoxy) is 1. The van der Waals surface area contributed by atoms with Crippen LogP contribution >= 0.6 is 11.6 Å². The zero-order chi connectivity index (χ0) is 25.8. The molecule has 186 valence electrons. The van der Waals surface area contributed by atoms with Crippen molar-refractivity contribution in [3.8, 4) is 11.4 Å². The largest absolute Gasteiger partial charge is 0.497 e. The van der Waals surface area contributed by atoms with Crippen LogP contribution in [0.25, 0.3) is 16.6 Å². The number of nitrogens with zero attached hydrogens (tertiary/aromatic N) is 3. The maximum Gasteiger partial charge on any atom is 0.266 e. The van der Waals surface area contributed by atoms with Crippen LogP contribution in [0.5, 0.6) is 5.75 Å². The van der Waals surface area contributed by atoms with Gasteiger partial charge in [0.15, 0.2) is 0 Å². The van der Waals surface area contributed by atoms with E-state index in [1.54, 1.807) is 46.9 Å². The predicted octanol–water partition coefficient (Wildman–Crippen LogP) is 6.36. The molecule has 0 radical (unpaired) electrons. The smallest absolute Gasteiger partial charge is 0.266 e. The molecule has 0 saturated carbocycles. The summed E-state index contributed by atoms with van der Waals surface area (Å²) in [5.74, 6) is 1.05. The Morgan fingerprint density at radius 3 is 2.42 bits per heavy atom. The molecule has 7 heteroatoms. The lowest BCUT2D eigenvalue weighted by atomic mass is 10.1. The molecule has 6 nitrogen and oxygen atoms in total. The zero-order valence-corrected chi connectivity index (χ0v) is 21.7. The number of aryl methyl sites for hydroxylation is 1. The number of aromatic nitrogens is 2. The summed E-state index contributed by atoms with van der Waals surface area (Å²) < 4.78 is 6.88. The van der Waals surface area contributed by atoms with Gasteiger partial charge in [0.1, 0.15) is 11.6 Å². The van der Waals surface area contributed by atoms with Crippen LogP contribution in [-0.4, -0.2) is 34.0 Å². The number of methoxy groups -OCH3 is 1. The third-order valence-electron chi connectivity index (χ3n) is 6.34. The highest BCUT2D eigenvalue weighted by molar-refractivity contribution is 6.31. The minimum absolute atomic E-state index is 0.0994. The molecule has 0 aliphatic heterocycles. The topological polar surface area (TPSA) is 64.4 Å². The Bertz CT molecular complexity index is 1430. The Balaban J connectivity index is 1.90. The van der Waals surface area contributed by atoms with Gasteiger partial charge in [0.25, 0.3) is 11.5 Å². The van der Waals surface area contributed by atoms with Crippen LogP contribution in [-0.2, 0) is 0 Å². The minimum atomic E-state index is -0.483. The van der Waals surface area contributed by atoms with Crippen LogP contribution in [0.1, 0.15) is 54.5 Å². The maximum atomic E-state index is 13.8. The van der Waals surface area contributed by atoms with E-state index in [1.807, 2.05) is 50.2 Å². The second-order valence-corrected chi connectivity index (χ2v) is 9.30. The molecule has 1 atom stereocenters. The van der Waals surface area contributed by atoms with Crippen molar-refractivity contribution in [2.45, 2.75) is 39.7 Å². The van der Waals surface area contributed by atoms with Crippen molar-refractivity contribution in [2.75, 3.05) is 13.7 Å². The second kappa shape index (κ2) is 11.0. The Hall–Kier alpha value is -3.64. The van der Waals surface area contributed by atoms with E-state index in [1.165, 1.54) is 0 Å². The van der Waals surface area contributed by atoms with Gasteiger partial charge in [-0.2, -0.15) is 0 Å². The van der Waals surface area contributed by atoms with E-state index in [-0.39, 0.29) is 11.5 Å². The van der Waals surface area contributed by atoms with Crippen molar-refractivity contribution >= 4 is 28.4 Å². The fourth-order valence-electron chi connectivity index (χ4n) is 4.24. The molecule has 0 bridgehead atoms. The molecule has 0 spiro atoms. The Morgan fingerprint density at radius 1 is 1.08 bits per heavy atom. The first-order chi connectivity index (χ1) is 17.3. The normalized spacial score (nSPS) is 11.9. The maximum absolute atomic E-state index is 13.8. The summed E-state index contributed by atoms with van der Waals surface area (Å²) in [5.41, 5.74) is 2.61. The molecule has 1 heterocycles. The van der Waals surface area contributed by atoms with Crippen molar-refractivity contribution < 1.29 is 9.53 Å². The third kappa shape index (κ3) is 5.14. The van der Waals surface area contributed by atoms with Gasteiger partial charge in [-0.1, -0.05) is 42.6 Å². The number of benzene rings is 3. The molecule has 0 fully saturated rings. The average Bonchev–Trinajstić information content (AvgIpc) is 2.89. The fourth-order valence-corrected chi connectivity index (χ4v) is 4.40. The molecule has 4 rings (SSSR count). The van der Waals surface area contributed by atoms with Crippen molar-refractivity contribution in [3.05, 3.63) is 99.1 Å². The van der Waals surface area contributed by atoms with Crippen molar-refractivity contribution in [2.24, 2.45) is 0 Å². The summed E-state index contributed by atoms with van der Waals surface area (Å²) in [6.07, 6.45) is 1.75. The molecule has 1 aromatic heterocycles. The predicted molar refractivity (Wildman–Crippen MR) is 144 cm³/mol. The van der Waals surface area contributed by atoms with Crippen molar-refractivity contribution in [1.29, 1.82) is 0 Å². The van der Waals surface area contributed by atoms with E-state index < -0.39 is 6.04 Å². The fraction of sp³-hybridized carbons (Fsp3) is 0.276. The Labute approximate surface area is 216 Å². The van der Waals surface area contributed by atoms with Crippen molar-refractivity contribution in [3.63, 3.8) is 0 Å². The molecule has 0 N–H and O–H groups in total. The molecule has 0 saturated heterocycles. The number of amides is 1. The van der Waals surface area contributed by atoms with Gasteiger partial charge in [0.05, 0.1) is 29.7 Å². The van der Waals surface area contributed by atoms with Crippen molar-refractivity contribution in [1.82, 2.24) is 14.5 Å². The number of carbonyl (C=O) groups excluding carboxylic acids is 1. The van der Waals surface area contributed by atoms with E-state index in [2.05, 4.69) is 6.92 Å². The Kier molecular flexibility index (Phi) is 7.75. The van der Waals surface area contributed by atoms with Gasteiger partial charge in [0.2, 0.25) is 0 Å². The summed E-state index contributed by atoms with van der Waals surface area (Å²) in [5, 5.41) is 0.949. The molecule has 1 unspecified atom stereocenters. The number of carbonyl (C=O) groups is 1. The van der Waals surface area contributed by atoms with Gasteiger partial charge < -0.3 is 9.64 Å². The molecule has 3 aromatic carbocycles. The lowest BCUT2D eigenvalue weighted by Gasteiger charge is -2.31. The van der Waals surface area contributed by atoms with Gasteiger partial charge in [0, 0.05) is 17.1 Å². The number of hydrogen-bond donors (Lipinski definition) is 0. The molecule has 0 aliphatic rings. The lowest BCUT2D eigenvalue weighted by Crippen LogP contribution is -2.38. The van der Waals surface area contributed by atoms with E-state index in [9.17, 15) is 9.59 Å². The van der Waals surface area contributed by atoms with Crippen LogP contribution in [0, 0.1) is 6.92 Å². The third-order valence-corrected chi connectivity index (χ3v) is 6.58. The van der Waals surface area contributed by atoms with E-state index in [0.717, 1.165) is 18.4 Å². The number of fused-ring (bicyclic) bond motifs is 1. The van der Waals surface area contributed by atoms with Gasteiger partial charge >= 0.3 is 0 Å². The SMILES string of the molecule is CCCCN(C(=O)c1ccc(C)cc1)C(C)c1nc2cc(Cl)ccc2c(=O)n1-c1ccc(OC)cc1. The van der Waals surface area contributed by atoms with E-state index in [0.29, 0.717) is 45.3 Å². The minimum Gasteiger partial charge on any atom is -0.497 e. The summed E-state index contributed by atoms with van der Waals surface area (Å²) >= 11 is 6.24. The van der Waals surface area contributed by atoms with Gasteiger partial charge in [-0.05, 0) is 74.9 Å². The van der Waals surface area contributed by atoms with Crippen LogP contribution in [0.3, 0.4) is 0 Å². The van der Waals surface area contributed by atoms with Gasteiger partial charge in [-0.3, -0.25) is 14.2 Å². The van der Waals surface area contributed by atoms with Crippen LogP contribution < -0.4 is 10.3 Å². The summed E-state index contributed by atoms with van der Waals surface area (Å²) in [4.78, 5) is 34.1. The van der Waals surface area contributed by atoms with Crippen LogP contribution in [0.2, 0.25) is 5.02 Å². The first-order valence-electron chi connectivity index (χ1n) is 12.1. The lowest BCUT2D eigenvalue weighted by molar-refractivity contribution is 0.0678. The van der Waals surface area contributed by atoms with Gasteiger partial charge in [-0.15, -0.1) is 0 Å². The first-order valence-corrected chi connectivity index (χ1v) is 12.5. The number of unbranched alkanes of at least 4 members (excludes halogenated alkanes) is 1. The van der Waals surface area contributed by atoms with E-state index >= 15 is 0 Å². The molecular formula is C29H30ClN3O3. The summed E-state index contributed by atoms with van der Waals surface area (Å²) in [6.45, 7) is 6.53.